The Bertz CT molecular complexity index is 1150. The first-order chi connectivity index (χ1) is 16.4. The van der Waals surface area contributed by atoms with Gasteiger partial charge in [0.05, 0.1) is 5.69 Å². The number of aryl methyl sites for hydroxylation is 3. The fraction of sp³-hybridized carbons (Fsp3) is 0.462. The van der Waals surface area contributed by atoms with Gasteiger partial charge in [-0.15, -0.1) is 0 Å². The third kappa shape index (κ3) is 7.29. The van der Waals surface area contributed by atoms with Crippen LogP contribution in [0.25, 0.3) is 0 Å². The standard InChI is InChI=1S/C26H38N4O4S/c1-8-14-27-26(32)22(5)29(17-23-11-9-10-19(2)15-23)25(31)18-30(35(33,34)28(6)7)24-16-20(3)12-13-21(24)4/h9-13,15-16,22H,8,14,17-18H2,1-7H3,(H,27,32)/t22-/m1/s1. The van der Waals surface area contributed by atoms with Crippen molar-refractivity contribution < 1.29 is 18.0 Å². The molecule has 1 atom stereocenters. The molecule has 2 rings (SSSR count). The number of hydrogen-bond acceptors (Lipinski definition) is 4. The van der Waals surface area contributed by atoms with E-state index in [4.69, 9.17) is 0 Å². The second-order valence-corrected chi connectivity index (χ2v) is 11.1. The number of anilines is 1. The number of carbonyl (C=O) groups excluding carboxylic acids is 2. The van der Waals surface area contributed by atoms with Crippen LogP contribution >= 0.6 is 0 Å². The molecule has 0 fully saturated rings. The molecule has 0 aliphatic carbocycles. The molecule has 0 bridgehead atoms. The molecule has 2 amide bonds. The average molecular weight is 503 g/mol. The molecule has 0 unspecified atom stereocenters. The number of amides is 2. The molecule has 2 aromatic rings. The quantitative estimate of drug-likeness (QED) is 0.511. The van der Waals surface area contributed by atoms with E-state index in [0.717, 1.165) is 37.3 Å². The Morgan fingerprint density at radius 2 is 1.66 bits per heavy atom. The van der Waals surface area contributed by atoms with Crippen LogP contribution in [-0.2, 0) is 26.3 Å². The van der Waals surface area contributed by atoms with Gasteiger partial charge in [0, 0.05) is 27.2 Å². The lowest BCUT2D eigenvalue weighted by molar-refractivity contribution is -0.139. The van der Waals surface area contributed by atoms with Gasteiger partial charge in [-0.3, -0.25) is 9.59 Å². The van der Waals surface area contributed by atoms with E-state index < -0.39 is 28.7 Å². The van der Waals surface area contributed by atoms with Crippen molar-refractivity contribution in [3.63, 3.8) is 0 Å². The van der Waals surface area contributed by atoms with E-state index in [0.29, 0.717) is 12.2 Å². The Labute approximate surface area is 210 Å². The van der Waals surface area contributed by atoms with Gasteiger partial charge >= 0.3 is 10.2 Å². The summed E-state index contributed by atoms with van der Waals surface area (Å²) in [7, 11) is -1.11. The van der Waals surface area contributed by atoms with E-state index in [1.165, 1.54) is 19.0 Å². The summed E-state index contributed by atoms with van der Waals surface area (Å²) in [5, 5.41) is 2.84. The second kappa shape index (κ2) is 12.2. The summed E-state index contributed by atoms with van der Waals surface area (Å²) in [5.41, 5.74) is 3.94. The molecule has 0 saturated heterocycles. The minimum Gasteiger partial charge on any atom is -0.354 e. The minimum absolute atomic E-state index is 0.184. The van der Waals surface area contributed by atoms with Crippen LogP contribution in [0.5, 0.6) is 0 Å². The smallest absolute Gasteiger partial charge is 0.304 e. The molecular weight excluding hydrogens is 464 g/mol. The van der Waals surface area contributed by atoms with Crippen molar-refractivity contribution in [2.45, 2.75) is 53.6 Å². The van der Waals surface area contributed by atoms with E-state index >= 15 is 0 Å². The third-order valence-electron chi connectivity index (χ3n) is 5.80. The zero-order valence-electron chi connectivity index (χ0n) is 21.8. The maximum absolute atomic E-state index is 13.7. The topological polar surface area (TPSA) is 90.0 Å². The number of carbonyl (C=O) groups is 2. The predicted molar refractivity (Wildman–Crippen MR) is 140 cm³/mol. The maximum atomic E-state index is 13.7. The molecule has 0 spiro atoms. The second-order valence-electron chi connectivity index (χ2n) is 9.06. The lowest BCUT2D eigenvalue weighted by atomic mass is 10.1. The van der Waals surface area contributed by atoms with Crippen LogP contribution < -0.4 is 9.62 Å². The molecule has 1 N–H and O–H groups in total. The third-order valence-corrected chi connectivity index (χ3v) is 7.61. The molecule has 0 saturated carbocycles. The maximum Gasteiger partial charge on any atom is 0.304 e. The van der Waals surface area contributed by atoms with Gasteiger partial charge in [0.1, 0.15) is 12.6 Å². The Morgan fingerprint density at radius 1 is 1.00 bits per heavy atom. The van der Waals surface area contributed by atoms with Crippen LogP contribution in [0.1, 0.15) is 42.5 Å². The molecule has 35 heavy (non-hydrogen) atoms. The van der Waals surface area contributed by atoms with Gasteiger partial charge in [-0.2, -0.15) is 12.7 Å². The van der Waals surface area contributed by atoms with Gasteiger partial charge < -0.3 is 10.2 Å². The van der Waals surface area contributed by atoms with Gasteiger partial charge in [-0.1, -0.05) is 48.9 Å². The van der Waals surface area contributed by atoms with E-state index in [2.05, 4.69) is 5.32 Å². The van der Waals surface area contributed by atoms with Crippen LogP contribution in [0.2, 0.25) is 0 Å². The van der Waals surface area contributed by atoms with Crippen LogP contribution in [-0.4, -0.2) is 62.7 Å². The predicted octanol–water partition coefficient (Wildman–Crippen LogP) is 3.17. The summed E-state index contributed by atoms with van der Waals surface area (Å²) in [6, 6.07) is 12.4. The number of nitrogens with zero attached hydrogens (tertiary/aromatic N) is 3. The fourth-order valence-electron chi connectivity index (χ4n) is 3.68. The largest absolute Gasteiger partial charge is 0.354 e. The van der Waals surface area contributed by atoms with Crippen molar-refractivity contribution in [2.75, 3.05) is 31.5 Å². The number of hydrogen-bond donors (Lipinski definition) is 1. The van der Waals surface area contributed by atoms with Gasteiger partial charge in [0.15, 0.2) is 0 Å². The summed E-state index contributed by atoms with van der Waals surface area (Å²) in [4.78, 5) is 28.0. The molecule has 8 nitrogen and oxygen atoms in total. The van der Waals surface area contributed by atoms with Gasteiger partial charge in [-0.25, -0.2) is 4.31 Å². The normalized spacial score (nSPS) is 12.3. The van der Waals surface area contributed by atoms with E-state index in [1.807, 2.05) is 64.1 Å². The molecule has 0 aromatic heterocycles. The Balaban J connectivity index is 2.49. The van der Waals surface area contributed by atoms with Gasteiger partial charge in [-0.05, 0) is 56.9 Å². The molecule has 2 aromatic carbocycles. The van der Waals surface area contributed by atoms with Crippen molar-refractivity contribution in [3.05, 3.63) is 64.7 Å². The van der Waals surface area contributed by atoms with Crippen molar-refractivity contribution in [1.29, 1.82) is 0 Å². The van der Waals surface area contributed by atoms with E-state index in [-0.39, 0.29) is 12.5 Å². The van der Waals surface area contributed by atoms with Gasteiger partial charge in [0.25, 0.3) is 0 Å². The zero-order valence-corrected chi connectivity index (χ0v) is 22.6. The summed E-state index contributed by atoms with van der Waals surface area (Å²) >= 11 is 0. The Morgan fingerprint density at radius 3 is 2.26 bits per heavy atom. The molecular formula is C26H38N4O4S. The van der Waals surface area contributed by atoms with Crippen molar-refractivity contribution in [2.24, 2.45) is 0 Å². The molecule has 0 heterocycles. The van der Waals surface area contributed by atoms with Crippen LogP contribution in [0, 0.1) is 20.8 Å². The SMILES string of the molecule is CCCNC(=O)[C@@H](C)N(Cc1cccc(C)c1)C(=O)CN(c1cc(C)ccc1C)S(=O)(=O)N(C)C. The molecule has 192 valence electrons. The highest BCUT2D eigenvalue weighted by Crippen LogP contribution is 2.26. The van der Waals surface area contributed by atoms with Crippen LogP contribution in [0.15, 0.2) is 42.5 Å². The molecule has 0 aliphatic rings. The molecule has 9 heteroatoms. The van der Waals surface area contributed by atoms with Crippen LogP contribution in [0.4, 0.5) is 5.69 Å². The highest BCUT2D eigenvalue weighted by molar-refractivity contribution is 7.90. The first-order valence-corrected chi connectivity index (χ1v) is 13.2. The Hall–Kier alpha value is -2.91. The first-order valence-electron chi connectivity index (χ1n) is 11.8. The summed E-state index contributed by atoms with van der Waals surface area (Å²) in [5.74, 6) is -0.737. The number of benzene rings is 2. The average Bonchev–Trinajstić information content (AvgIpc) is 2.80. The summed E-state index contributed by atoms with van der Waals surface area (Å²) in [6.45, 7) is 9.51. The first kappa shape index (κ1) is 28.3. The summed E-state index contributed by atoms with van der Waals surface area (Å²) in [6.07, 6.45) is 0.770. The lowest BCUT2D eigenvalue weighted by Gasteiger charge is -2.33. The lowest BCUT2D eigenvalue weighted by Crippen LogP contribution is -2.52. The summed E-state index contributed by atoms with van der Waals surface area (Å²) < 4.78 is 28.8. The number of nitrogens with one attached hydrogen (secondary N) is 1. The van der Waals surface area contributed by atoms with Crippen LogP contribution in [0.3, 0.4) is 0 Å². The minimum atomic E-state index is -3.98. The highest BCUT2D eigenvalue weighted by Gasteiger charge is 2.33. The fourth-order valence-corrected chi connectivity index (χ4v) is 4.79. The molecule has 0 aliphatic heterocycles. The van der Waals surface area contributed by atoms with Crippen molar-refractivity contribution >= 4 is 27.7 Å². The monoisotopic (exact) mass is 502 g/mol. The van der Waals surface area contributed by atoms with Crippen molar-refractivity contribution in [3.8, 4) is 0 Å². The Kier molecular flexibility index (Phi) is 9.85. The highest BCUT2D eigenvalue weighted by atomic mass is 32.2. The molecule has 0 radical (unpaired) electrons. The van der Waals surface area contributed by atoms with E-state index in [9.17, 15) is 18.0 Å². The van der Waals surface area contributed by atoms with Crippen molar-refractivity contribution in [1.82, 2.24) is 14.5 Å². The number of rotatable bonds is 11. The van der Waals surface area contributed by atoms with E-state index in [1.54, 1.807) is 13.0 Å². The zero-order chi connectivity index (χ0) is 26.3. The van der Waals surface area contributed by atoms with Gasteiger partial charge in [0.2, 0.25) is 11.8 Å².